The third-order valence-electron chi connectivity index (χ3n) is 0.891. The first kappa shape index (κ1) is 10.7. The van der Waals surface area contributed by atoms with Gasteiger partial charge in [-0.15, -0.1) is 0 Å². The van der Waals surface area contributed by atoms with E-state index in [4.69, 9.17) is 0 Å². The van der Waals surface area contributed by atoms with Gasteiger partial charge in [-0.2, -0.15) is 0 Å². The Morgan fingerprint density at radius 3 is 2.73 bits per heavy atom. The van der Waals surface area contributed by atoms with E-state index in [1.807, 2.05) is 0 Å². The molecule has 0 unspecified atom stereocenters. The molecule has 0 rings (SSSR count). The molecule has 0 atom stereocenters. The molecule has 0 spiro atoms. The van der Waals surface area contributed by atoms with Crippen molar-refractivity contribution in [2.75, 3.05) is 19.7 Å². The molecule has 0 aromatic carbocycles. The van der Waals surface area contributed by atoms with Crippen LogP contribution in [0, 0.1) is 0 Å². The summed E-state index contributed by atoms with van der Waals surface area (Å²) in [6, 6.07) is 0. The van der Waals surface area contributed by atoms with E-state index in [0.717, 1.165) is 4.48 Å². The zero-order valence-electron chi connectivity index (χ0n) is 6.52. The zero-order valence-corrected chi connectivity index (χ0v) is 8.11. The number of ether oxygens (including phenoxy) is 1. The van der Waals surface area contributed by atoms with Gasteiger partial charge in [-0.05, 0) is 6.92 Å². The highest BCUT2D eigenvalue weighted by Gasteiger charge is 1.98. The second-order valence-electron chi connectivity index (χ2n) is 1.93. The fraction of sp³-hybridized carbons (Fsp3) is 0.571. The Hall–Kier alpha value is -0.350. The molecular weight excluding hydrogens is 210 g/mol. The van der Waals surface area contributed by atoms with Crippen molar-refractivity contribution in [1.82, 2.24) is 5.32 Å². The Kier molecular flexibility index (Phi) is 6.16. The van der Waals surface area contributed by atoms with Crippen LogP contribution in [0.15, 0.2) is 11.1 Å². The fourth-order valence-corrected chi connectivity index (χ4v) is 0.710. The summed E-state index contributed by atoms with van der Waals surface area (Å²) in [6.07, 6.45) is 0. The molecule has 0 amide bonds. The van der Waals surface area contributed by atoms with E-state index in [-0.39, 0.29) is 12.5 Å². The molecule has 0 aliphatic carbocycles. The number of rotatable bonds is 5. The van der Waals surface area contributed by atoms with Crippen molar-refractivity contribution < 1.29 is 9.53 Å². The van der Waals surface area contributed by atoms with Crippen molar-refractivity contribution in [2.45, 2.75) is 6.92 Å². The maximum atomic E-state index is 10.7. The first-order valence-corrected chi connectivity index (χ1v) is 4.15. The standard InChI is InChI=1S/C7H12BrNO2/c1-3-11-7(10)5-9-4-6(2)8/h9H,2-5H2,1H3. The topological polar surface area (TPSA) is 38.3 Å². The van der Waals surface area contributed by atoms with Gasteiger partial charge in [0.25, 0.3) is 0 Å². The molecule has 0 saturated heterocycles. The van der Waals surface area contributed by atoms with E-state index < -0.39 is 0 Å². The van der Waals surface area contributed by atoms with Crippen molar-refractivity contribution >= 4 is 21.9 Å². The Balaban J connectivity index is 3.24. The van der Waals surface area contributed by atoms with Gasteiger partial charge < -0.3 is 10.1 Å². The average molecular weight is 222 g/mol. The molecule has 11 heavy (non-hydrogen) atoms. The van der Waals surface area contributed by atoms with Crippen LogP contribution >= 0.6 is 15.9 Å². The number of hydrogen-bond donors (Lipinski definition) is 1. The largest absolute Gasteiger partial charge is 0.465 e. The SMILES string of the molecule is C=C(Br)CNCC(=O)OCC. The number of halogens is 1. The lowest BCUT2D eigenvalue weighted by molar-refractivity contribution is -0.141. The normalized spacial score (nSPS) is 9.27. The number of hydrogen-bond acceptors (Lipinski definition) is 3. The van der Waals surface area contributed by atoms with Crippen LogP contribution in [0.2, 0.25) is 0 Å². The first-order valence-electron chi connectivity index (χ1n) is 3.36. The molecule has 0 radical (unpaired) electrons. The van der Waals surface area contributed by atoms with Gasteiger partial charge in [0.05, 0.1) is 13.2 Å². The van der Waals surface area contributed by atoms with Gasteiger partial charge in [0.15, 0.2) is 0 Å². The van der Waals surface area contributed by atoms with Gasteiger partial charge in [-0.25, -0.2) is 0 Å². The summed E-state index contributed by atoms with van der Waals surface area (Å²) in [4.78, 5) is 10.7. The van der Waals surface area contributed by atoms with Crippen molar-refractivity contribution in [2.24, 2.45) is 0 Å². The Morgan fingerprint density at radius 2 is 2.27 bits per heavy atom. The second-order valence-corrected chi connectivity index (χ2v) is 3.05. The second kappa shape index (κ2) is 6.37. The van der Waals surface area contributed by atoms with Crippen LogP contribution in [0.25, 0.3) is 0 Å². The lowest BCUT2D eigenvalue weighted by Gasteiger charge is -2.02. The molecule has 0 aromatic rings. The van der Waals surface area contributed by atoms with E-state index in [1.165, 1.54) is 0 Å². The van der Waals surface area contributed by atoms with E-state index in [1.54, 1.807) is 6.92 Å². The van der Waals surface area contributed by atoms with Gasteiger partial charge >= 0.3 is 5.97 Å². The number of esters is 1. The lowest BCUT2D eigenvalue weighted by Crippen LogP contribution is -2.25. The zero-order chi connectivity index (χ0) is 8.69. The monoisotopic (exact) mass is 221 g/mol. The smallest absolute Gasteiger partial charge is 0.319 e. The number of carbonyl (C=O) groups is 1. The fourth-order valence-electron chi connectivity index (χ4n) is 0.512. The minimum atomic E-state index is -0.235. The quantitative estimate of drug-likeness (QED) is 0.706. The molecule has 0 aliphatic rings. The number of carbonyl (C=O) groups excluding carboxylic acids is 1. The van der Waals surface area contributed by atoms with Crippen LogP contribution in [0.4, 0.5) is 0 Å². The van der Waals surface area contributed by atoms with Crippen LogP contribution in [-0.2, 0) is 9.53 Å². The molecule has 0 aliphatic heterocycles. The number of nitrogens with one attached hydrogen (secondary N) is 1. The van der Waals surface area contributed by atoms with E-state index in [2.05, 4.69) is 32.6 Å². The summed E-state index contributed by atoms with van der Waals surface area (Å²) in [5, 5.41) is 2.85. The van der Waals surface area contributed by atoms with Crippen LogP contribution in [0.5, 0.6) is 0 Å². The van der Waals surface area contributed by atoms with Crippen molar-refractivity contribution in [3.8, 4) is 0 Å². The van der Waals surface area contributed by atoms with Crippen molar-refractivity contribution in [1.29, 1.82) is 0 Å². The summed E-state index contributed by atoms with van der Waals surface area (Å²) in [5.74, 6) is -0.235. The van der Waals surface area contributed by atoms with Crippen LogP contribution < -0.4 is 5.32 Å². The van der Waals surface area contributed by atoms with Crippen molar-refractivity contribution in [3.63, 3.8) is 0 Å². The first-order chi connectivity index (χ1) is 5.16. The highest BCUT2D eigenvalue weighted by molar-refractivity contribution is 9.11. The van der Waals surface area contributed by atoms with Crippen LogP contribution in [-0.4, -0.2) is 25.7 Å². The summed E-state index contributed by atoms with van der Waals surface area (Å²) >= 11 is 3.15. The Bertz CT molecular complexity index is 147. The summed E-state index contributed by atoms with van der Waals surface area (Å²) in [6.45, 7) is 6.62. The molecule has 0 heterocycles. The van der Waals surface area contributed by atoms with Gasteiger partial charge in [0, 0.05) is 11.0 Å². The third-order valence-corrected chi connectivity index (χ3v) is 1.17. The minimum Gasteiger partial charge on any atom is -0.465 e. The molecule has 0 bridgehead atoms. The van der Waals surface area contributed by atoms with Gasteiger partial charge in [0.2, 0.25) is 0 Å². The van der Waals surface area contributed by atoms with E-state index in [0.29, 0.717) is 13.2 Å². The highest BCUT2D eigenvalue weighted by Crippen LogP contribution is 1.95. The highest BCUT2D eigenvalue weighted by atomic mass is 79.9. The summed E-state index contributed by atoms with van der Waals surface area (Å²) in [5.41, 5.74) is 0. The molecule has 0 aromatic heterocycles. The minimum absolute atomic E-state index is 0.235. The molecule has 0 fully saturated rings. The Labute approximate surface area is 74.9 Å². The molecule has 4 heteroatoms. The van der Waals surface area contributed by atoms with Crippen LogP contribution in [0.3, 0.4) is 0 Å². The van der Waals surface area contributed by atoms with E-state index >= 15 is 0 Å². The van der Waals surface area contributed by atoms with Gasteiger partial charge in [-0.1, -0.05) is 22.5 Å². The molecule has 3 nitrogen and oxygen atoms in total. The average Bonchev–Trinajstić information content (AvgIpc) is 1.87. The summed E-state index contributed by atoms with van der Waals surface area (Å²) in [7, 11) is 0. The van der Waals surface area contributed by atoms with Crippen molar-refractivity contribution in [3.05, 3.63) is 11.1 Å². The molecular formula is C7H12BrNO2. The van der Waals surface area contributed by atoms with Crippen LogP contribution in [0.1, 0.15) is 6.92 Å². The molecule has 1 N–H and O–H groups in total. The maximum Gasteiger partial charge on any atom is 0.319 e. The molecule has 0 saturated carbocycles. The maximum absolute atomic E-state index is 10.7. The lowest BCUT2D eigenvalue weighted by atomic mass is 10.5. The van der Waals surface area contributed by atoms with E-state index in [9.17, 15) is 4.79 Å². The van der Waals surface area contributed by atoms with Gasteiger partial charge in [0.1, 0.15) is 0 Å². The predicted octanol–water partition coefficient (Wildman–Crippen LogP) is 1.05. The molecule has 64 valence electrons. The Morgan fingerprint density at radius 1 is 1.64 bits per heavy atom. The third kappa shape index (κ3) is 7.55. The predicted molar refractivity (Wildman–Crippen MR) is 47.6 cm³/mol. The van der Waals surface area contributed by atoms with Gasteiger partial charge in [-0.3, -0.25) is 4.79 Å². The summed E-state index contributed by atoms with van der Waals surface area (Å²) < 4.78 is 5.50.